The van der Waals surface area contributed by atoms with Gasteiger partial charge in [-0.15, -0.1) is 0 Å². The number of fused-ring (bicyclic) bond motifs is 1. The molecule has 1 saturated heterocycles. The number of rotatable bonds is 3. The number of nitrogens with zero attached hydrogens (tertiary/aromatic N) is 3. The Morgan fingerprint density at radius 3 is 2.65 bits per heavy atom. The van der Waals surface area contributed by atoms with Crippen molar-refractivity contribution in [1.29, 1.82) is 0 Å². The summed E-state index contributed by atoms with van der Waals surface area (Å²) in [6.45, 7) is 1.73. The highest BCUT2D eigenvalue weighted by atomic mass is 16.5. The van der Waals surface area contributed by atoms with Crippen molar-refractivity contribution in [2.75, 3.05) is 13.1 Å². The van der Waals surface area contributed by atoms with Gasteiger partial charge in [-0.3, -0.25) is 9.78 Å². The molecule has 2 fully saturated rings. The Labute approximate surface area is 135 Å². The first-order chi connectivity index (χ1) is 11.3. The Kier molecular flexibility index (Phi) is 3.69. The van der Waals surface area contributed by atoms with Gasteiger partial charge in [-0.25, -0.2) is 4.98 Å². The minimum absolute atomic E-state index is 0.0198. The normalized spacial score (nSPS) is 22.9. The first kappa shape index (κ1) is 14.2. The van der Waals surface area contributed by atoms with Crippen molar-refractivity contribution in [3.8, 4) is 11.6 Å². The minimum atomic E-state index is 0.0198. The highest BCUT2D eigenvalue weighted by Gasteiger charge is 2.38. The van der Waals surface area contributed by atoms with Crippen LogP contribution in [0.1, 0.15) is 29.6 Å². The number of pyridine rings is 2. The van der Waals surface area contributed by atoms with Gasteiger partial charge >= 0.3 is 0 Å². The van der Waals surface area contributed by atoms with Crippen molar-refractivity contribution in [2.24, 2.45) is 11.8 Å². The molecule has 23 heavy (non-hydrogen) atoms. The third kappa shape index (κ3) is 2.79. The molecule has 5 heteroatoms. The first-order valence-corrected chi connectivity index (χ1v) is 8.13. The topological polar surface area (TPSA) is 55.3 Å². The molecule has 1 aliphatic carbocycles. The smallest absolute Gasteiger partial charge is 0.259 e. The van der Waals surface area contributed by atoms with Crippen LogP contribution in [0.2, 0.25) is 0 Å². The molecule has 1 saturated carbocycles. The van der Waals surface area contributed by atoms with Gasteiger partial charge in [0.2, 0.25) is 5.88 Å². The van der Waals surface area contributed by atoms with E-state index in [4.69, 9.17) is 4.74 Å². The van der Waals surface area contributed by atoms with E-state index in [0.29, 0.717) is 29.0 Å². The van der Waals surface area contributed by atoms with Gasteiger partial charge in [0.1, 0.15) is 11.3 Å². The van der Waals surface area contributed by atoms with Gasteiger partial charge in [0.05, 0.1) is 6.20 Å². The molecule has 0 aromatic carbocycles. The lowest BCUT2D eigenvalue weighted by atomic mass is 10.0. The summed E-state index contributed by atoms with van der Waals surface area (Å²) in [5.74, 6) is 2.31. The zero-order chi connectivity index (χ0) is 15.6. The fraction of sp³-hybridized carbons (Fsp3) is 0.389. The predicted octanol–water partition coefficient (Wildman–Crippen LogP) is 3.14. The third-order valence-electron chi connectivity index (χ3n) is 4.86. The van der Waals surface area contributed by atoms with Crippen molar-refractivity contribution < 1.29 is 9.53 Å². The SMILES string of the molecule is O=C(c1cccnc1Oc1cccnc1)N1C[C@H]2CCC[C@@H]2C1. The van der Waals surface area contributed by atoms with Gasteiger partial charge in [-0.1, -0.05) is 6.42 Å². The maximum atomic E-state index is 12.9. The van der Waals surface area contributed by atoms with Crippen molar-refractivity contribution >= 4 is 5.91 Å². The van der Waals surface area contributed by atoms with Crippen LogP contribution in [0, 0.1) is 11.8 Å². The van der Waals surface area contributed by atoms with E-state index in [9.17, 15) is 4.79 Å². The van der Waals surface area contributed by atoms with Gasteiger partial charge in [0, 0.05) is 25.5 Å². The molecule has 0 spiro atoms. The van der Waals surface area contributed by atoms with Gasteiger partial charge < -0.3 is 9.64 Å². The van der Waals surface area contributed by atoms with Crippen LogP contribution in [0.5, 0.6) is 11.6 Å². The Bertz CT molecular complexity index is 692. The van der Waals surface area contributed by atoms with E-state index < -0.39 is 0 Å². The second kappa shape index (κ2) is 5.99. The monoisotopic (exact) mass is 309 g/mol. The van der Waals surface area contributed by atoms with Gasteiger partial charge in [0.25, 0.3) is 5.91 Å². The number of hydrogen-bond acceptors (Lipinski definition) is 4. The Hall–Kier alpha value is -2.43. The molecule has 0 unspecified atom stereocenters. The molecule has 118 valence electrons. The standard InChI is InChI=1S/C18H19N3O2/c22-18(21-11-13-4-1-5-14(13)12-21)16-7-3-9-20-17(16)23-15-6-2-8-19-10-15/h2-3,6-10,13-14H,1,4-5,11-12H2/t13-,14-/m1/s1. The van der Waals surface area contributed by atoms with Crippen LogP contribution in [0.25, 0.3) is 0 Å². The number of amides is 1. The summed E-state index contributed by atoms with van der Waals surface area (Å²) in [5.41, 5.74) is 0.524. The van der Waals surface area contributed by atoms with Crippen molar-refractivity contribution in [3.05, 3.63) is 48.4 Å². The van der Waals surface area contributed by atoms with Gasteiger partial charge in [0.15, 0.2) is 0 Å². The molecule has 0 N–H and O–H groups in total. The highest BCUT2D eigenvalue weighted by Crippen LogP contribution is 2.38. The second-order valence-electron chi connectivity index (χ2n) is 6.31. The zero-order valence-corrected chi connectivity index (χ0v) is 12.9. The number of hydrogen-bond donors (Lipinski definition) is 0. The zero-order valence-electron chi connectivity index (χ0n) is 12.9. The summed E-state index contributed by atoms with van der Waals surface area (Å²) in [7, 11) is 0. The van der Waals surface area contributed by atoms with Crippen LogP contribution < -0.4 is 4.74 Å². The van der Waals surface area contributed by atoms with Crippen molar-refractivity contribution in [1.82, 2.24) is 14.9 Å². The quantitative estimate of drug-likeness (QED) is 0.874. The second-order valence-corrected chi connectivity index (χ2v) is 6.31. The van der Waals surface area contributed by atoms with Gasteiger partial charge in [-0.05, 0) is 48.9 Å². The first-order valence-electron chi connectivity index (χ1n) is 8.13. The number of aromatic nitrogens is 2. The lowest BCUT2D eigenvalue weighted by molar-refractivity contribution is 0.0777. The molecular formula is C18H19N3O2. The fourth-order valence-corrected chi connectivity index (χ4v) is 3.73. The summed E-state index contributed by atoms with van der Waals surface area (Å²) in [6.07, 6.45) is 8.74. The van der Waals surface area contributed by atoms with E-state index in [1.54, 1.807) is 42.9 Å². The summed E-state index contributed by atoms with van der Waals surface area (Å²) < 4.78 is 5.76. The number of ether oxygens (including phenoxy) is 1. The van der Waals surface area contributed by atoms with E-state index in [2.05, 4.69) is 9.97 Å². The molecule has 1 amide bonds. The molecule has 1 aliphatic heterocycles. The maximum absolute atomic E-state index is 12.9. The number of carbonyl (C=O) groups is 1. The van der Waals surface area contributed by atoms with Crippen LogP contribution in [-0.2, 0) is 0 Å². The van der Waals surface area contributed by atoms with E-state index in [0.717, 1.165) is 13.1 Å². The molecule has 0 bridgehead atoms. The number of carbonyl (C=O) groups excluding carboxylic acids is 1. The molecule has 2 aliphatic rings. The lowest BCUT2D eigenvalue weighted by Gasteiger charge is -2.18. The number of likely N-dealkylation sites (tertiary alicyclic amines) is 1. The summed E-state index contributed by atoms with van der Waals surface area (Å²) in [4.78, 5) is 23.1. The minimum Gasteiger partial charge on any atom is -0.437 e. The molecule has 2 aromatic rings. The Morgan fingerprint density at radius 1 is 1.13 bits per heavy atom. The summed E-state index contributed by atoms with van der Waals surface area (Å²) >= 11 is 0. The average molecular weight is 309 g/mol. The van der Waals surface area contributed by atoms with Crippen LogP contribution in [-0.4, -0.2) is 33.9 Å². The van der Waals surface area contributed by atoms with Crippen LogP contribution in [0.3, 0.4) is 0 Å². The van der Waals surface area contributed by atoms with Crippen LogP contribution >= 0.6 is 0 Å². The largest absolute Gasteiger partial charge is 0.437 e. The summed E-state index contributed by atoms with van der Waals surface area (Å²) in [5, 5.41) is 0. The maximum Gasteiger partial charge on any atom is 0.259 e. The van der Waals surface area contributed by atoms with E-state index >= 15 is 0 Å². The van der Waals surface area contributed by atoms with E-state index in [1.807, 2.05) is 4.90 Å². The third-order valence-corrected chi connectivity index (χ3v) is 4.86. The fourth-order valence-electron chi connectivity index (χ4n) is 3.73. The van der Waals surface area contributed by atoms with Crippen LogP contribution in [0.4, 0.5) is 0 Å². The summed E-state index contributed by atoms with van der Waals surface area (Å²) in [6, 6.07) is 7.16. The van der Waals surface area contributed by atoms with Crippen molar-refractivity contribution in [3.63, 3.8) is 0 Å². The molecule has 2 atom stereocenters. The Morgan fingerprint density at radius 2 is 1.91 bits per heavy atom. The van der Waals surface area contributed by atoms with Crippen LogP contribution in [0.15, 0.2) is 42.9 Å². The van der Waals surface area contributed by atoms with Crippen molar-refractivity contribution in [2.45, 2.75) is 19.3 Å². The molecule has 5 nitrogen and oxygen atoms in total. The highest BCUT2D eigenvalue weighted by molar-refractivity contribution is 5.96. The predicted molar refractivity (Wildman–Crippen MR) is 85.3 cm³/mol. The molecule has 3 heterocycles. The van der Waals surface area contributed by atoms with E-state index in [1.165, 1.54) is 19.3 Å². The molecule has 0 radical (unpaired) electrons. The molecular weight excluding hydrogens is 290 g/mol. The van der Waals surface area contributed by atoms with Gasteiger partial charge in [-0.2, -0.15) is 0 Å². The Balaban J connectivity index is 1.55. The van der Waals surface area contributed by atoms with E-state index in [-0.39, 0.29) is 5.91 Å². The lowest BCUT2D eigenvalue weighted by Crippen LogP contribution is -2.29. The molecule has 4 rings (SSSR count). The average Bonchev–Trinajstić information content (AvgIpc) is 3.17. The molecule has 2 aromatic heterocycles.